The zero-order valence-electron chi connectivity index (χ0n) is 12.2. The molecule has 2 rings (SSSR count). The van der Waals surface area contributed by atoms with Crippen LogP contribution in [0.25, 0.3) is 0 Å². The summed E-state index contributed by atoms with van der Waals surface area (Å²) >= 11 is 12.1. The molecule has 2 atom stereocenters. The number of sulfonamides is 1. The molecule has 0 spiro atoms. The number of likely N-dealkylation sites (N-methyl/N-ethyl adjacent to an activating group) is 1. The van der Waals surface area contributed by atoms with Gasteiger partial charge in [-0.2, -0.15) is 4.31 Å². The molecule has 0 aromatic heterocycles. The normalized spacial score (nSPS) is 23.9. The first-order valence-corrected chi connectivity index (χ1v) is 8.75. The van der Waals surface area contributed by atoms with Crippen LogP contribution >= 0.6 is 23.2 Å². The molecule has 2 N–H and O–H groups in total. The van der Waals surface area contributed by atoms with Crippen molar-refractivity contribution in [2.75, 3.05) is 32.9 Å². The highest BCUT2D eigenvalue weighted by Gasteiger charge is 2.39. The lowest BCUT2D eigenvalue weighted by molar-refractivity contribution is 0.263. The van der Waals surface area contributed by atoms with Crippen molar-refractivity contribution in [3.63, 3.8) is 0 Å². The number of anilines is 1. The number of nitrogen functional groups attached to an aromatic ring is 1. The quantitative estimate of drug-likeness (QED) is 0.847. The number of hydrogen-bond donors (Lipinski definition) is 1. The van der Waals surface area contributed by atoms with Crippen molar-refractivity contribution >= 4 is 38.9 Å². The second kappa shape index (κ2) is 5.93. The van der Waals surface area contributed by atoms with Crippen molar-refractivity contribution in [2.24, 2.45) is 5.92 Å². The maximum atomic E-state index is 12.8. The minimum Gasteiger partial charge on any atom is -0.399 e. The van der Waals surface area contributed by atoms with Crippen LogP contribution in [0.5, 0.6) is 0 Å². The summed E-state index contributed by atoms with van der Waals surface area (Å²) in [5.41, 5.74) is 5.96. The Labute approximate surface area is 135 Å². The fourth-order valence-electron chi connectivity index (χ4n) is 2.73. The van der Waals surface area contributed by atoms with Crippen molar-refractivity contribution in [1.82, 2.24) is 9.21 Å². The van der Waals surface area contributed by atoms with E-state index in [9.17, 15) is 8.42 Å². The lowest BCUT2D eigenvalue weighted by Crippen LogP contribution is -2.35. The van der Waals surface area contributed by atoms with E-state index in [1.54, 1.807) is 0 Å². The summed E-state index contributed by atoms with van der Waals surface area (Å²) in [6, 6.07) is 2.98. The van der Waals surface area contributed by atoms with Gasteiger partial charge in [0.2, 0.25) is 10.0 Å². The second-order valence-corrected chi connectivity index (χ2v) is 8.33. The third-order valence-electron chi connectivity index (χ3n) is 3.82. The zero-order chi connectivity index (χ0) is 15.9. The van der Waals surface area contributed by atoms with Crippen LogP contribution in [0.3, 0.4) is 0 Å². The molecule has 0 saturated carbocycles. The predicted molar refractivity (Wildman–Crippen MR) is 86.3 cm³/mol. The number of nitrogens with zero attached hydrogens (tertiary/aromatic N) is 2. The van der Waals surface area contributed by atoms with E-state index < -0.39 is 10.0 Å². The highest BCUT2D eigenvalue weighted by atomic mass is 35.5. The van der Waals surface area contributed by atoms with E-state index in [1.165, 1.54) is 16.4 Å². The lowest BCUT2D eigenvalue weighted by atomic mass is 10.1. The second-order valence-electron chi connectivity index (χ2n) is 5.64. The van der Waals surface area contributed by atoms with Crippen LogP contribution in [0, 0.1) is 5.92 Å². The molecule has 8 heteroatoms. The SMILES string of the molecule is CC1CN(S(=O)(=O)c2c(Cl)cc(N)cc2Cl)CC1N(C)C. The van der Waals surface area contributed by atoms with E-state index in [4.69, 9.17) is 28.9 Å². The zero-order valence-corrected chi connectivity index (χ0v) is 14.5. The number of hydrogen-bond acceptors (Lipinski definition) is 4. The highest BCUT2D eigenvalue weighted by molar-refractivity contribution is 7.89. The summed E-state index contributed by atoms with van der Waals surface area (Å²) in [5.74, 6) is 0.237. The van der Waals surface area contributed by atoms with Crippen molar-refractivity contribution in [2.45, 2.75) is 17.9 Å². The molecule has 0 aliphatic carbocycles. The molecule has 1 aliphatic rings. The van der Waals surface area contributed by atoms with E-state index in [-0.39, 0.29) is 26.9 Å². The maximum absolute atomic E-state index is 12.8. The van der Waals surface area contributed by atoms with Crippen LogP contribution in [0.2, 0.25) is 10.0 Å². The van der Waals surface area contributed by atoms with Crippen molar-refractivity contribution in [3.8, 4) is 0 Å². The van der Waals surface area contributed by atoms with Crippen LogP contribution < -0.4 is 5.73 Å². The van der Waals surface area contributed by atoms with Gasteiger partial charge in [-0.3, -0.25) is 0 Å². The average molecular weight is 352 g/mol. The van der Waals surface area contributed by atoms with E-state index in [0.717, 1.165) is 0 Å². The summed E-state index contributed by atoms with van der Waals surface area (Å²) in [6.07, 6.45) is 0. The molecular weight excluding hydrogens is 333 g/mol. The first-order valence-electron chi connectivity index (χ1n) is 6.55. The van der Waals surface area contributed by atoms with Gasteiger partial charge >= 0.3 is 0 Å². The Kier molecular flexibility index (Phi) is 4.75. The van der Waals surface area contributed by atoms with E-state index in [2.05, 4.69) is 0 Å². The molecule has 1 aromatic carbocycles. The van der Waals surface area contributed by atoms with Gasteiger partial charge in [-0.25, -0.2) is 8.42 Å². The Morgan fingerprint density at radius 1 is 1.24 bits per heavy atom. The largest absolute Gasteiger partial charge is 0.399 e. The topological polar surface area (TPSA) is 66.6 Å². The Hall–Kier alpha value is -0.530. The molecule has 0 radical (unpaired) electrons. The minimum absolute atomic E-state index is 0.0564. The standard InChI is InChI=1S/C13H19Cl2N3O2S/c1-8-6-18(7-12(8)17(2)3)21(19,20)13-10(14)4-9(16)5-11(13)15/h4-5,8,12H,6-7,16H2,1-3H3. The van der Waals surface area contributed by atoms with E-state index in [0.29, 0.717) is 18.8 Å². The highest BCUT2D eigenvalue weighted by Crippen LogP contribution is 2.36. The van der Waals surface area contributed by atoms with Gasteiger partial charge in [0.1, 0.15) is 4.90 Å². The number of halogens is 2. The predicted octanol–water partition coefficient (Wildman–Crippen LogP) is 2.15. The van der Waals surface area contributed by atoms with Gasteiger partial charge in [0.05, 0.1) is 10.0 Å². The Balaban J connectivity index is 2.41. The molecule has 0 bridgehead atoms. The molecule has 5 nitrogen and oxygen atoms in total. The van der Waals surface area contributed by atoms with Gasteiger partial charge in [-0.1, -0.05) is 30.1 Å². The summed E-state index contributed by atoms with van der Waals surface area (Å²) in [5, 5.41) is 0.113. The molecule has 0 amide bonds. The monoisotopic (exact) mass is 351 g/mol. The van der Waals surface area contributed by atoms with E-state index >= 15 is 0 Å². The van der Waals surface area contributed by atoms with E-state index in [1.807, 2.05) is 25.9 Å². The number of rotatable bonds is 3. The van der Waals surface area contributed by atoms with Crippen LogP contribution in [0.15, 0.2) is 17.0 Å². The molecular formula is C13H19Cl2N3O2S. The molecule has 1 fully saturated rings. The Bertz CT molecular complexity index is 626. The summed E-state index contributed by atoms with van der Waals surface area (Å²) in [6.45, 7) is 2.90. The molecule has 2 unspecified atom stereocenters. The van der Waals surface area contributed by atoms with Crippen molar-refractivity contribution < 1.29 is 8.42 Å². The van der Waals surface area contributed by atoms with Crippen LogP contribution in [-0.4, -0.2) is 50.8 Å². The van der Waals surface area contributed by atoms with Gasteiger partial charge in [0.25, 0.3) is 0 Å². The number of nitrogens with two attached hydrogens (primary N) is 1. The molecule has 1 heterocycles. The smallest absolute Gasteiger partial charge is 0.246 e. The minimum atomic E-state index is -3.73. The van der Waals surface area contributed by atoms with Crippen molar-refractivity contribution in [1.29, 1.82) is 0 Å². The lowest BCUT2D eigenvalue weighted by Gasteiger charge is -2.22. The van der Waals surface area contributed by atoms with Gasteiger partial charge in [0.15, 0.2) is 0 Å². The maximum Gasteiger partial charge on any atom is 0.246 e. The Morgan fingerprint density at radius 3 is 2.19 bits per heavy atom. The van der Waals surface area contributed by atoms with Gasteiger partial charge in [-0.05, 0) is 32.1 Å². The van der Waals surface area contributed by atoms with Gasteiger partial charge < -0.3 is 10.6 Å². The van der Waals surface area contributed by atoms with Crippen LogP contribution in [0.1, 0.15) is 6.92 Å². The average Bonchev–Trinajstić information content (AvgIpc) is 2.70. The molecule has 1 aliphatic heterocycles. The van der Waals surface area contributed by atoms with Crippen LogP contribution in [0.4, 0.5) is 5.69 Å². The molecule has 21 heavy (non-hydrogen) atoms. The Morgan fingerprint density at radius 2 is 1.76 bits per heavy atom. The summed E-state index contributed by atoms with van der Waals surface area (Å²) in [7, 11) is 0.161. The first-order chi connectivity index (χ1) is 9.64. The molecule has 1 saturated heterocycles. The molecule has 1 aromatic rings. The van der Waals surface area contributed by atoms with Crippen molar-refractivity contribution in [3.05, 3.63) is 22.2 Å². The van der Waals surface area contributed by atoms with Gasteiger partial charge in [-0.15, -0.1) is 0 Å². The van der Waals surface area contributed by atoms with Crippen LogP contribution in [-0.2, 0) is 10.0 Å². The summed E-state index contributed by atoms with van der Waals surface area (Å²) < 4.78 is 27.0. The third-order valence-corrected chi connectivity index (χ3v) is 6.57. The van der Waals surface area contributed by atoms with Gasteiger partial charge in [0, 0.05) is 24.8 Å². The summed E-state index contributed by atoms with van der Waals surface area (Å²) in [4.78, 5) is 1.97. The first kappa shape index (κ1) is 16.8. The molecule has 118 valence electrons. The fraction of sp³-hybridized carbons (Fsp3) is 0.538. The number of benzene rings is 1. The fourth-order valence-corrected chi connectivity index (χ4v) is 5.47. The third kappa shape index (κ3) is 3.14.